The second-order valence-corrected chi connectivity index (χ2v) is 3.67. The van der Waals surface area contributed by atoms with Gasteiger partial charge in [-0.15, -0.1) is 0 Å². The number of pyridine rings is 1. The van der Waals surface area contributed by atoms with Gasteiger partial charge >= 0.3 is 5.97 Å². The molecular formula is C12H13N5O2. The van der Waals surface area contributed by atoms with Gasteiger partial charge in [-0.3, -0.25) is 0 Å². The van der Waals surface area contributed by atoms with Gasteiger partial charge in [-0.05, 0) is 12.1 Å². The van der Waals surface area contributed by atoms with Crippen molar-refractivity contribution in [1.82, 2.24) is 15.0 Å². The lowest BCUT2D eigenvalue weighted by Gasteiger charge is -2.10. The van der Waals surface area contributed by atoms with Crippen molar-refractivity contribution in [2.24, 2.45) is 0 Å². The highest BCUT2D eigenvalue weighted by atomic mass is 16.5. The van der Waals surface area contributed by atoms with Crippen molar-refractivity contribution in [2.45, 2.75) is 6.54 Å². The summed E-state index contributed by atoms with van der Waals surface area (Å²) in [5.74, 6) is -0.0773. The quantitative estimate of drug-likeness (QED) is 0.784. The van der Waals surface area contributed by atoms with Gasteiger partial charge < -0.3 is 15.8 Å². The number of esters is 1. The normalized spacial score (nSPS) is 9.95. The number of anilines is 2. The number of nitrogens with two attached hydrogens (primary N) is 1. The fourth-order valence-electron chi connectivity index (χ4n) is 1.50. The molecule has 0 bridgehead atoms. The molecule has 2 heterocycles. The van der Waals surface area contributed by atoms with Gasteiger partial charge in [0.15, 0.2) is 0 Å². The molecule has 19 heavy (non-hydrogen) atoms. The zero-order chi connectivity index (χ0) is 13.7. The third-order valence-corrected chi connectivity index (χ3v) is 2.48. The summed E-state index contributed by atoms with van der Waals surface area (Å²) in [6.07, 6.45) is 4.59. The molecule has 0 aliphatic rings. The van der Waals surface area contributed by atoms with Gasteiger partial charge in [0.1, 0.15) is 12.1 Å². The van der Waals surface area contributed by atoms with Crippen molar-refractivity contribution in [1.29, 1.82) is 0 Å². The van der Waals surface area contributed by atoms with E-state index in [-0.39, 0.29) is 11.3 Å². The van der Waals surface area contributed by atoms with Crippen LogP contribution in [0.1, 0.15) is 16.1 Å². The van der Waals surface area contributed by atoms with Crippen molar-refractivity contribution in [3.05, 3.63) is 42.1 Å². The molecule has 0 atom stereocenters. The van der Waals surface area contributed by atoms with E-state index < -0.39 is 5.97 Å². The summed E-state index contributed by atoms with van der Waals surface area (Å²) in [5, 5.41) is 3.01. The van der Waals surface area contributed by atoms with Crippen LogP contribution >= 0.6 is 0 Å². The highest BCUT2D eigenvalue weighted by Crippen LogP contribution is 2.20. The average Bonchev–Trinajstić information content (AvgIpc) is 2.46. The Morgan fingerprint density at radius 3 is 2.89 bits per heavy atom. The number of methoxy groups -OCH3 is 1. The third kappa shape index (κ3) is 2.95. The molecule has 2 rings (SSSR count). The predicted octanol–water partition coefficient (Wildman–Crippen LogP) is 0.852. The second-order valence-electron chi connectivity index (χ2n) is 3.67. The SMILES string of the molecule is COC(=O)c1ccnc(NCc2ccncn2)c1N. The van der Waals surface area contributed by atoms with Gasteiger partial charge in [0.2, 0.25) is 0 Å². The minimum atomic E-state index is -0.495. The van der Waals surface area contributed by atoms with E-state index in [4.69, 9.17) is 5.73 Å². The van der Waals surface area contributed by atoms with E-state index in [2.05, 4.69) is 25.0 Å². The molecule has 0 saturated carbocycles. The Labute approximate surface area is 109 Å². The van der Waals surface area contributed by atoms with Crippen LogP contribution in [-0.4, -0.2) is 28.0 Å². The molecular weight excluding hydrogens is 246 g/mol. The summed E-state index contributed by atoms with van der Waals surface area (Å²) in [6, 6.07) is 3.28. The number of rotatable bonds is 4. The fourth-order valence-corrected chi connectivity index (χ4v) is 1.50. The number of nitrogens with one attached hydrogen (secondary N) is 1. The predicted molar refractivity (Wildman–Crippen MR) is 69.3 cm³/mol. The number of nitrogens with zero attached hydrogens (tertiary/aromatic N) is 3. The Morgan fingerprint density at radius 1 is 1.37 bits per heavy atom. The maximum Gasteiger partial charge on any atom is 0.340 e. The molecule has 0 amide bonds. The first-order chi connectivity index (χ1) is 9.22. The molecule has 0 unspecified atom stereocenters. The summed E-state index contributed by atoms with van der Waals surface area (Å²) in [5.41, 5.74) is 7.19. The van der Waals surface area contributed by atoms with Gasteiger partial charge in [-0.2, -0.15) is 0 Å². The van der Waals surface area contributed by atoms with E-state index in [0.29, 0.717) is 12.4 Å². The Hall–Kier alpha value is -2.70. The highest BCUT2D eigenvalue weighted by Gasteiger charge is 2.13. The Bertz CT molecular complexity index is 574. The van der Waals surface area contributed by atoms with Gasteiger partial charge in [0.05, 0.1) is 30.6 Å². The Morgan fingerprint density at radius 2 is 2.21 bits per heavy atom. The molecule has 0 fully saturated rings. The third-order valence-electron chi connectivity index (χ3n) is 2.48. The lowest BCUT2D eigenvalue weighted by Crippen LogP contribution is -2.11. The van der Waals surface area contributed by atoms with E-state index in [0.717, 1.165) is 5.69 Å². The number of hydrogen-bond donors (Lipinski definition) is 2. The molecule has 7 nitrogen and oxygen atoms in total. The van der Waals surface area contributed by atoms with E-state index in [1.165, 1.54) is 25.7 Å². The van der Waals surface area contributed by atoms with Gasteiger partial charge in [-0.25, -0.2) is 19.7 Å². The first-order valence-electron chi connectivity index (χ1n) is 5.54. The molecule has 3 N–H and O–H groups in total. The van der Waals surface area contributed by atoms with Crippen molar-refractivity contribution in [2.75, 3.05) is 18.2 Å². The van der Waals surface area contributed by atoms with Crippen LogP contribution in [-0.2, 0) is 11.3 Å². The molecule has 0 aliphatic heterocycles. The summed E-state index contributed by atoms with van der Waals surface area (Å²) >= 11 is 0. The van der Waals surface area contributed by atoms with E-state index in [1.807, 2.05) is 0 Å². The topological polar surface area (TPSA) is 103 Å². The Balaban J connectivity index is 2.15. The zero-order valence-electron chi connectivity index (χ0n) is 10.3. The number of carbonyl (C=O) groups is 1. The molecule has 7 heteroatoms. The van der Waals surface area contributed by atoms with E-state index >= 15 is 0 Å². The van der Waals surface area contributed by atoms with Gasteiger partial charge in [-0.1, -0.05) is 0 Å². The lowest BCUT2D eigenvalue weighted by atomic mass is 10.2. The Kier molecular flexibility index (Phi) is 3.87. The molecule has 0 saturated heterocycles. The number of ether oxygens (including phenoxy) is 1. The van der Waals surface area contributed by atoms with Crippen LogP contribution in [0, 0.1) is 0 Å². The van der Waals surface area contributed by atoms with Crippen LogP contribution in [0.25, 0.3) is 0 Å². The monoisotopic (exact) mass is 259 g/mol. The molecule has 2 aromatic rings. The minimum absolute atomic E-state index is 0.253. The number of hydrogen-bond acceptors (Lipinski definition) is 7. The minimum Gasteiger partial charge on any atom is -0.465 e. The number of nitrogen functional groups attached to an aromatic ring is 1. The maximum absolute atomic E-state index is 11.5. The van der Waals surface area contributed by atoms with Crippen LogP contribution in [0.2, 0.25) is 0 Å². The maximum atomic E-state index is 11.5. The zero-order valence-corrected chi connectivity index (χ0v) is 10.3. The summed E-state index contributed by atoms with van der Waals surface area (Å²) in [7, 11) is 1.30. The van der Waals surface area contributed by atoms with Crippen LogP contribution in [0.15, 0.2) is 30.9 Å². The summed E-state index contributed by atoms with van der Waals surface area (Å²) in [4.78, 5) is 23.5. The molecule has 2 aromatic heterocycles. The van der Waals surface area contributed by atoms with Crippen LogP contribution in [0.3, 0.4) is 0 Å². The highest BCUT2D eigenvalue weighted by molar-refractivity contribution is 5.97. The number of aromatic nitrogens is 3. The molecule has 0 aliphatic carbocycles. The van der Waals surface area contributed by atoms with Gasteiger partial charge in [0.25, 0.3) is 0 Å². The van der Waals surface area contributed by atoms with Crippen molar-refractivity contribution >= 4 is 17.5 Å². The van der Waals surface area contributed by atoms with E-state index in [1.54, 1.807) is 12.3 Å². The lowest BCUT2D eigenvalue weighted by molar-refractivity contribution is 0.0602. The summed E-state index contributed by atoms with van der Waals surface area (Å²) in [6.45, 7) is 0.435. The second kappa shape index (κ2) is 5.76. The first kappa shape index (κ1) is 12.7. The molecule has 0 aromatic carbocycles. The van der Waals surface area contributed by atoms with Crippen molar-refractivity contribution < 1.29 is 9.53 Å². The standard InChI is InChI=1S/C12H13N5O2/c1-19-12(18)9-3-5-15-11(10(9)13)16-6-8-2-4-14-7-17-8/h2-5,7H,6,13H2,1H3,(H,15,16). The molecule has 0 radical (unpaired) electrons. The average molecular weight is 259 g/mol. The van der Waals surface area contributed by atoms with Crippen LogP contribution in [0.5, 0.6) is 0 Å². The molecule has 0 spiro atoms. The van der Waals surface area contributed by atoms with Gasteiger partial charge in [0, 0.05) is 12.4 Å². The van der Waals surface area contributed by atoms with E-state index in [9.17, 15) is 4.79 Å². The van der Waals surface area contributed by atoms with Crippen molar-refractivity contribution in [3.8, 4) is 0 Å². The smallest absolute Gasteiger partial charge is 0.340 e. The first-order valence-corrected chi connectivity index (χ1v) is 5.54. The van der Waals surface area contributed by atoms with Crippen LogP contribution in [0.4, 0.5) is 11.5 Å². The largest absolute Gasteiger partial charge is 0.465 e. The van der Waals surface area contributed by atoms with Crippen LogP contribution < -0.4 is 11.1 Å². The molecule has 98 valence electrons. The summed E-state index contributed by atoms with van der Waals surface area (Å²) < 4.78 is 4.64. The van der Waals surface area contributed by atoms with Crippen molar-refractivity contribution in [3.63, 3.8) is 0 Å². The number of carbonyl (C=O) groups excluding carboxylic acids is 1. The fraction of sp³-hybridized carbons (Fsp3) is 0.167.